The summed E-state index contributed by atoms with van der Waals surface area (Å²) in [6.45, 7) is 0. The Labute approximate surface area is 165 Å². The van der Waals surface area contributed by atoms with E-state index in [9.17, 15) is 4.79 Å². The molecule has 0 spiro atoms. The maximum absolute atomic E-state index is 12.7. The summed E-state index contributed by atoms with van der Waals surface area (Å²) in [5.41, 5.74) is 1.65. The van der Waals surface area contributed by atoms with Crippen LogP contribution in [-0.4, -0.2) is 48.5 Å². The molecule has 0 unspecified atom stereocenters. The highest BCUT2D eigenvalue weighted by atomic mass is 16.5. The Balaban J connectivity index is 2.13. The van der Waals surface area contributed by atoms with Gasteiger partial charge in [0.15, 0.2) is 23.0 Å². The normalized spacial score (nSPS) is 10.2. The summed E-state index contributed by atoms with van der Waals surface area (Å²) < 4.78 is 26.6. The smallest absolute Gasteiger partial charge is 0.227 e. The number of carbonyl (C=O) groups excluding carboxylic acids is 1. The minimum absolute atomic E-state index is 0.0269. The molecule has 2 aromatic rings. The van der Waals surface area contributed by atoms with E-state index in [1.165, 1.54) is 0 Å². The van der Waals surface area contributed by atoms with E-state index in [1.54, 1.807) is 59.6 Å². The van der Waals surface area contributed by atoms with Crippen LogP contribution in [0.2, 0.25) is 0 Å². The van der Waals surface area contributed by atoms with Crippen molar-refractivity contribution < 1.29 is 28.5 Å². The molecule has 0 atom stereocenters. The van der Waals surface area contributed by atoms with Crippen molar-refractivity contribution in [3.63, 3.8) is 0 Å². The molecule has 28 heavy (non-hydrogen) atoms. The third-order valence-corrected chi connectivity index (χ3v) is 4.48. The first kappa shape index (κ1) is 21.2. The van der Waals surface area contributed by atoms with E-state index in [2.05, 4.69) is 0 Å². The van der Waals surface area contributed by atoms with Crippen LogP contribution >= 0.6 is 0 Å². The second-order valence-electron chi connectivity index (χ2n) is 6.03. The molecule has 0 aliphatic rings. The van der Waals surface area contributed by atoms with Crippen molar-refractivity contribution >= 4 is 11.6 Å². The average Bonchev–Trinajstić information content (AvgIpc) is 2.75. The number of aryl methyl sites for hydroxylation is 1. The predicted octanol–water partition coefficient (Wildman–Crippen LogP) is 3.33. The Kier molecular flexibility index (Phi) is 7.37. The molecule has 2 rings (SSSR count). The maximum atomic E-state index is 12.7. The van der Waals surface area contributed by atoms with Crippen molar-refractivity contribution in [3.8, 4) is 28.7 Å². The number of rotatable bonds is 9. The zero-order valence-corrected chi connectivity index (χ0v) is 17.2. The second-order valence-corrected chi connectivity index (χ2v) is 6.03. The fourth-order valence-corrected chi connectivity index (χ4v) is 2.88. The minimum Gasteiger partial charge on any atom is -0.493 e. The Morgan fingerprint density at radius 3 is 1.86 bits per heavy atom. The first-order valence-corrected chi connectivity index (χ1v) is 8.76. The number of hydrogen-bond donors (Lipinski definition) is 0. The van der Waals surface area contributed by atoms with Crippen LogP contribution in [0.1, 0.15) is 12.0 Å². The first-order chi connectivity index (χ1) is 13.5. The molecule has 0 N–H and O–H groups in total. The molecular weight excluding hydrogens is 362 g/mol. The second kappa shape index (κ2) is 9.73. The van der Waals surface area contributed by atoms with Gasteiger partial charge in [-0.2, -0.15) is 0 Å². The summed E-state index contributed by atoms with van der Waals surface area (Å²) in [6.07, 6.45) is 0.858. The van der Waals surface area contributed by atoms with Gasteiger partial charge in [-0.05, 0) is 36.2 Å². The summed E-state index contributed by atoms with van der Waals surface area (Å²) >= 11 is 0. The molecule has 7 heteroatoms. The van der Waals surface area contributed by atoms with E-state index in [0.29, 0.717) is 41.6 Å². The SMILES string of the molecule is COc1ccc(N(C)C(=O)CCc2cc(OC)c(OC)c(OC)c2)cc1OC. The van der Waals surface area contributed by atoms with Gasteiger partial charge in [-0.15, -0.1) is 0 Å². The molecule has 0 aromatic heterocycles. The highest BCUT2D eigenvalue weighted by Gasteiger charge is 2.16. The van der Waals surface area contributed by atoms with Gasteiger partial charge < -0.3 is 28.6 Å². The summed E-state index contributed by atoms with van der Waals surface area (Å²) in [5.74, 6) is 2.83. The van der Waals surface area contributed by atoms with E-state index in [-0.39, 0.29) is 5.91 Å². The van der Waals surface area contributed by atoms with Gasteiger partial charge in [0.2, 0.25) is 11.7 Å². The van der Waals surface area contributed by atoms with Crippen LogP contribution in [0.4, 0.5) is 5.69 Å². The van der Waals surface area contributed by atoms with Crippen LogP contribution in [0.5, 0.6) is 28.7 Å². The Morgan fingerprint density at radius 1 is 0.786 bits per heavy atom. The molecule has 0 radical (unpaired) electrons. The third-order valence-electron chi connectivity index (χ3n) is 4.48. The molecule has 0 heterocycles. The highest BCUT2D eigenvalue weighted by Crippen LogP contribution is 2.38. The third kappa shape index (κ3) is 4.60. The van der Waals surface area contributed by atoms with E-state index in [4.69, 9.17) is 23.7 Å². The van der Waals surface area contributed by atoms with Crippen molar-refractivity contribution in [2.75, 3.05) is 47.5 Å². The number of ether oxygens (including phenoxy) is 5. The quantitative estimate of drug-likeness (QED) is 0.655. The van der Waals surface area contributed by atoms with Gasteiger partial charge in [0.05, 0.1) is 35.5 Å². The standard InChI is InChI=1S/C21H27NO6/c1-22(15-8-9-16(24-2)17(13-15)25-3)20(23)10-7-14-11-18(26-4)21(28-6)19(12-14)27-5/h8-9,11-13H,7,10H2,1-6H3. The van der Waals surface area contributed by atoms with Crippen LogP contribution in [0.25, 0.3) is 0 Å². The Bertz CT molecular complexity index is 796. The fraction of sp³-hybridized carbons (Fsp3) is 0.381. The molecule has 152 valence electrons. The lowest BCUT2D eigenvalue weighted by molar-refractivity contribution is -0.118. The van der Waals surface area contributed by atoms with Crippen molar-refractivity contribution in [2.24, 2.45) is 0 Å². The molecule has 0 aliphatic heterocycles. The van der Waals surface area contributed by atoms with Gasteiger partial charge in [0, 0.05) is 25.2 Å². The first-order valence-electron chi connectivity index (χ1n) is 8.76. The molecule has 0 saturated carbocycles. The van der Waals surface area contributed by atoms with Crippen LogP contribution in [-0.2, 0) is 11.2 Å². The number of hydrogen-bond acceptors (Lipinski definition) is 6. The molecule has 0 aliphatic carbocycles. The number of methoxy groups -OCH3 is 5. The van der Waals surface area contributed by atoms with E-state index >= 15 is 0 Å². The largest absolute Gasteiger partial charge is 0.493 e. The molecule has 2 aromatic carbocycles. The molecule has 1 amide bonds. The lowest BCUT2D eigenvalue weighted by atomic mass is 10.1. The van der Waals surface area contributed by atoms with Gasteiger partial charge >= 0.3 is 0 Å². The van der Waals surface area contributed by atoms with Crippen LogP contribution in [0, 0.1) is 0 Å². The number of benzene rings is 2. The van der Waals surface area contributed by atoms with E-state index in [0.717, 1.165) is 11.3 Å². The van der Waals surface area contributed by atoms with Gasteiger partial charge in [-0.3, -0.25) is 4.79 Å². The summed E-state index contributed by atoms with van der Waals surface area (Å²) in [5, 5.41) is 0. The minimum atomic E-state index is -0.0269. The maximum Gasteiger partial charge on any atom is 0.227 e. The molecule has 7 nitrogen and oxygen atoms in total. The van der Waals surface area contributed by atoms with Crippen LogP contribution < -0.4 is 28.6 Å². The lowest BCUT2D eigenvalue weighted by Crippen LogP contribution is -2.26. The topological polar surface area (TPSA) is 66.5 Å². The molecular formula is C21H27NO6. The molecule has 0 fully saturated rings. The number of anilines is 1. The summed E-state index contributed by atoms with van der Waals surface area (Å²) in [7, 11) is 9.56. The monoisotopic (exact) mass is 389 g/mol. The Hall–Kier alpha value is -3.09. The van der Waals surface area contributed by atoms with Crippen molar-refractivity contribution in [2.45, 2.75) is 12.8 Å². The van der Waals surface area contributed by atoms with Crippen LogP contribution in [0.15, 0.2) is 30.3 Å². The molecule has 0 bridgehead atoms. The van der Waals surface area contributed by atoms with Crippen molar-refractivity contribution in [3.05, 3.63) is 35.9 Å². The van der Waals surface area contributed by atoms with E-state index in [1.807, 2.05) is 18.2 Å². The lowest BCUT2D eigenvalue weighted by Gasteiger charge is -2.19. The van der Waals surface area contributed by atoms with Gasteiger partial charge in [-0.1, -0.05) is 0 Å². The van der Waals surface area contributed by atoms with Gasteiger partial charge in [0.25, 0.3) is 0 Å². The zero-order chi connectivity index (χ0) is 20.7. The average molecular weight is 389 g/mol. The Morgan fingerprint density at radius 2 is 1.36 bits per heavy atom. The van der Waals surface area contributed by atoms with Gasteiger partial charge in [-0.25, -0.2) is 0 Å². The zero-order valence-electron chi connectivity index (χ0n) is 17.2. The summed E-state index contributed by atoms with van der Waals surface area (Å²) in [6, 6.07) is 9.07. The molecule has 0 saturated heterocycles. The predicted molar refractivity (Wildman–Crippen MR) is 107 cm³/mol. The number of nitrogens with zero attached hydrogens (tertiary/aromatic N) is 1. The summed E-state index contributed by atoms with van der Waals surface area (Å²) in [4.78, 5) is 14.3. The van der Waals surface area contributed by atoms with Crippen molar-refractivity contribution in [1.29, 1.82) is 0 Å². The van der Waals surface area contributed by atoms with Crippen molar-refractivity contribution in [1.82, 2.24) is 0 Å². The van der Waals surface area contributed by atoms with E-state index < -0.39 is 0 Å². The number of amides is 1. The van der Waals surface area contributed by atoms with Gasteiger partial charge in [0.1, 0.15) is 0 Å². The highest BCUT2D eigenvalue weighted by molar-refractivity contribution is 5.93. The fourth-order valence-electron chi connectivity index (χ4n) is 2.88. The number of carbonyl (C=O) groups is 1. The van der Waals surface area contributed by atoms with Crippen LogP contribution in [0.3, 0.4) is 0 Å².